The molecule has 1 fully saturated rings. The van der Waals surface area contributed by atoms with Gasteiger partial charge in [-0.3, -0.25) is 4.90 Å². The number of hydrogen-bond acceptors (Lipinski definition) is 3. The van der Waals surface area contributed by atoms with Gasteiger partial charge in [-0.2, -0.15) is 0 Å². The first-order chi connectivity index (χ1) is 10.4. The molecule has 0 aromatic heterocycles. The highest BCUT2D eigenvalue weighted by atomic mass is 15.3. The van der Waals surface area contributed by atoms with E-state index in [-0.39, 0.29) is 0 Å². The molecule has 0 saturated carbocycles. The second-order valence-corrected chi connectivity index (χ2v) is 5.64. The van der Waals surface area contributed by atoms with E-state index in [2.05, 4.69) is 40.0 Å². The van der Waals surface area contributed by atoms with Gasteiger partial charge in [-0.05, 0) is 49.2 Å². The molecule has 0 spiro atoms. The normalized spacial score (nSPS) is 15.2. The van der Waals surface area contributed by atoms with Gasteiger partial charge in [-0.25, -0.2) is 5.43 Å². The van der Waals surface area contributed by atoms with Crippen molar-refractivity contribution < 1.29 is 0 Å². The summed E-state index contributed by atoms with van der Waals surface area (Å²) in [6.07, 6.45) is 2.71. The molecule has 0 aliphatic carbocycles. The lowest BCUT2D eigenvalue weighted by atomic mass is 10.1. The smallest absolute Gasteiger partial charge is 0.0487 e. The van der Waals surface area contributed by atoms with Crippen molar-refractivity contribution in [1.29, 1.82) is 0 Å². The summed E-state index contributed by atoms with van der Waals surface area (Å²) in [7, 11) is 0. The highest BCUT2D eigenvalue weighted by molar-refractivity contribution is 5.41. The Labute approximate surface area is 127 Å². The minimum atomic E-state index is 0.818. The SMILES string of the molecule is c1ccc(NNCc2ccc(CN3CCCC3)cc2)cc1. The van der Waals surface area contributed by atoms with Crippen LogP contribution in [-0.2, 0) is 13.1 Å². The lowest BCUT2D eigenvalue weighted by Crippen LogP contribution is -2.21. The molecule has 3 rings (SSSR count). The van der Waals surface area contributed by atoms with Crippen molar-refractivity contribution >= 4 is 5.69 Å². The summed E-state index contributed by atoms with van der Waals surface area (Å²) in [4.78, 5) is 2.53. The monoisotopic (exact) mass is 281 g/mol. The van der Waals surface area contributed by atoms with Gasteiger partial charge in [0.15, 0.2) is 0 Å². The minimum Gasteiger partial charge on any atom is -0.321 e. The molecule has 1 aliphatic rings. The lowest BCUT2D eigenvalue weighted by Gasteiger charge is -2.15. The number of nitrogens with one attached hydrogen (secondary N) is 2. The first-order valence-electron chi connectivity index (χ1n) is 7.74. The molecule has 0 radical (unpaired) electrons. The second kappa shape index (κ2) is 7.25. The number of likely N-dealkylation sites (tertiary alicyclic amines) is 1. The molecule has 2 aromatic carbocycles. The van der Waals surface area contributed by atoms with Gasteiger partial charge in [0.1, 0.15) is 0 Å². The predicted molar refractivity (Wildman–Crippen MR) is 87.9 cm³/mol. The van der Waals surface area contributed by atoms with Crippen LogP contribution in [0.2, 0.25) is 0 Å². The van der Waals surface area contributed by atoms with E-state index in [4.69, 9.17) is 0 Å². The molecule has 1 heterocycles. The number of anilines is 1. The molecule has 1 aliphatic heterocycles. The number of benzene rings is 2. The zero-order chi connectivity index (χ0) is 14.3. The van der Waals surface area contributed by atoms with E-state index in [0.717, 1.165) is 18.8 Å². The van der Waals surface area contributed by atoms with Gasteiger partial charge >= 0.3 is 0 Å². The Kier molecular flexibility index (Phi) is 4.87. The van der Waals surface area contributed by atoms with Gasteiger partial charge in [-0.15, -0.1) is 0 Å². The zero-order valence-corrected chi connectivity index (χ0v) is 12.4. The van der Waals surface area contributed by atoms with Gasteiger partial charge in [0.2, 0.25) is 0 Å². The summed E-state index contributed by atoms with van der Waals surface area (Å²) in [5.74, 6) is 0. The molecule has 0 bridgehead atoms. The maximum Gasteiger partial charge on any atom is 0.0487 e. The Morgan fingerprint density at radius 1 is 0.810 bits per heavy atom. The van der Waals surface area contributed by atoms with Crippen molar-refractivity contribution in [2.24, 2.45) is 0 Å². The van der Waals surface area contributed by atoms with Crippen molar-refractivity contribution in [3.63, 3.8) is 0 Å². The molecular weight excluding hydrogens is 258 g/mol. The van der Waals surface area contributed by atoms with Crippen LogP contribution in [0.25, 0.3) is 0 Å². The fraction of sp³-hybridized carbons (Fsp3) is 0.333. The van der Waals surface area contributed by atoms with E-state index >= 15 is 0 Å². The summed E-state index contributed by atoms with van der Waals surface area (Å²) in [5, 5.41) is 0. The topological polar surface area (TPSA) is 27.3 Å². The van der Waals surface area contributed by atoms with Crippen LogP contribution in [0.4, 0.5) is 5.69 Å². The van der Waals surface area contributed by atoms with Crippen molar-refractivity contribution in [2.45, 2.75) is 25.9 Å². The van der Waals surface area contributed by atoms with Crippen LogP contribution in [0.15, 0.2) is 54.6 Å². The average Bonchev–Trinajstić information content (AvgIpc) is 3.03. The van der Waals surface area contributed by atoms with E-state index in [0.29, 0.717) is 0 Å². The minimum absolute atomic E-state index is 0.818. The predicted octanol–water partition coefficient (Wildman–Crippen LogP) is 3.40. The van der Waals surface area contributed by atoms with Gasteiger partial charge in [-0.1, -0.05) is 42.5 Å². The number of rotatable bonds is 6. The van der Waals surface area contributed by atoms with Crippen molar-refractivity contribution in [2.75, 3.05) is 18.5 Å². The van der Waals surface area contributed by atoms with Crippen LogP contribution in [0.1, 0.15) is 24.0 Å². The first-order valence-corrected chi connectivity index (χ1v) is 7.74. The zero-order valence-electron chi connectivity index (χ0n) is 12.4. The molecule has 0 atom stereocenters. The number of nitrogens with zero attached hydrogens (tertiary/aromatic N) is 1. The van der Waals surface area contributed by atoms with Crippen LogP contribution < -0.4 is 10.9 Å². The summed E-state index contributed by atoms with van der Waals surface area (Å²) >= 11 is 0. The Bertz CT molecular complexity index is 530. The molecule has 3 heteroatoms. The molecule has 1 saturated heterocycles. The van der Waals surface area contributed by atoms with Crippen LogP contribution in [0, 0.1) is 0 Å². The molecule has 0 unspecified atom stereocenters. The van der Waals surface area contributed by atoms with E-state index in [1.807, 2.05) is 30.3 Å². The third-order valence-corrected chi connectivity index (χ3v) is 3.93. The van der Waals surface area contributed by atoms with Gasteiger partial charge < -0.3 is 5.43 Å². The summed E-state index contributed by atoms with van der Waals surface area (Å²) in [5.41, 5.74) is 10.3. The fourth-order valence-corrected chi connectivity index (χ4v) is 2.73. The number of para-hydroxylation sites is 1. The van der Waals surface area contributed by atoms with Crippen molar-refractivity contribution in [3.05, 3.63) is 65.7 Å². The van der Waals surface area contributed by atoms with Gasteiger partial charge in [0.25, 0.3) is 0 Å². The Hall–Kier alpha value is -1.84. The van der Waals surface area contributed by atoms with E-state index < -0.39 is 0 Å². The van der Waals surface area contributed by atoms with Crippen molar-refractivity contribution in [3.8, 4) is 0 Å². The molecule has 3 nitrogen and oxygen atoms in total. The van der Waals surface area contributed by atoms with Gasteiger partial charge in [0.05, 0.1) is 0 Å². The Morgan fingerprint density at radius 3 is 2.19 bits per heavy atom. The van der Waals surface area contributed by atoms with Crippen LogP contribution >= 0.6 is 0 Å². The highest BCUT2D eigenvalue weighted by Crippen LogP contribution is 2.13. The molecule has 110 valence electrons. The third kappa shape index (κ3) is 4.31. The van der Waals surface area contributed by atoms with Crippen LogP contribution in [-0.4, -0.2) is 18.0 Å². The summed E-state index contributed by atoms with van der Waals surface area (Å²) < 4.78 is 0. The fourth-order valence-electron chi connectivity index (χ4n) is 2.73. The number of hydrogen-bond donors (Lipinski definition) is 2. The average molecular weight is 281 g/mol. The van der Waals surface area contributed by atoms with E-state index in [1.54, 1.807) is 0 Å². The maximum atomic E-state index is 3.25. The largest absolute Gasteiger partial charge is 0.321 e. The molecule has 21 heavy (non-hydrogen) atoms. The summed E-state index contributed by atoms with van der Waals surface area (Å²) in [6.45, 7) is 4.42. The number of hydrazine groups is 1. The van der Waals surface area contributed by atoms with E-state index in [9.17, 15) is 0 Å². The quantitative estimate of drug-likeness (QED) is 0.795. The lowest BCUT2D eigenvalue weighted by molar-refractivity contribution is 0.331. The Morgan fingerprint density at radius 2 is 1.48 bits per heavy atom. The second-order valence-electron chi connectivity index (χ2n) is 5.64. The van der Waals surface area contributed by atoms with E-state index in [1.165, 1.54) is 37.1 Å². The Balaban J connectivity index is 1.45. The van der Waals surface area contributed by atoms with Crippen LogP contribution in [0.3, 0.4) is 0 Å². The molecule has 0 amide bonds. The van der Waals surface area contributed by atoms with Crippen molar-refractivity contribution in [1.82, 2.24) is 10.3 Å². The maximum absolute atomic E-state index is 3.25. The first kappa shape index (κ1) is 14.1. The molecule has 2 aromatic rings. The third-order valence-electron chi connectivity index (χ3n) is 3.93. The summed E-state index contributed by atoms with van der Waals surface area (Å²) in [6, 6.07) is 19.1. The molecular formula is C18H23N3. The van der Waals surface area contributed by atoms with Crippen LogP contribution in [0.5, 0.6) is 0 Å². The highest BCUT2D eigenvalue weighted by Gasteiger charge is 2.11. The van der Waals surface area contributed by atoms with Gasteiger partial charge in [0, 0.05) is 18.8 Å². The molecule has 2 N–H and O–H groups in total. The standard InChI is InChI=1S/C18H23N3/c1-2-6-18(7-3-1)20-19-14-16-8-10-17(11-9-16)15-21-12-4-5-13-21/h1-3,6-11,19-20H,4-5,12-15H2.